The molecule has 0 aromatic heterocycles. The van der Waals surface area contributed by atoms with Crippen molar-refractivity contribution in [2.45, 2.75) is 59.2 Å². The minimum atomic E-state index is -0.436. The SMILES string of the molecule is CCOC(C(O)CCc1ccc2c(c1)CCO2)C(C)(C)C. The van der Waals surface area contributed by atoms with Crippen LogP contribution in [0.2, 0.25) is 0 Å². The van der Waals surface area contributed by atoms with Crippen LogP contribution in [0.15, 0.2) is 18.2 Å². The first kappa shape index (κ1) is 16.3. The Kier molecular flexibility index (Phi) is 5.28. The van der Waals surface area contributed by atoms with E-state index in [0.717, 1.165) is 31.6 Å². The molecule has 0 bridgehead atoms. The lowest BCUT2D eigenvalue weighted by Gasteiger charge is -2.34. The highest BCUT2D eigenvalue weighted by Gasteiger charge is 2.31. The number of hydrogen-bond donors (Lipinski definition) is 1. The third-order valence-electron chi connectivity index (χ3n) is 4.03. The highest BCUT2D eigenvalue weighted by atomic mass is 16.5. The number of rotatable bonds is 6. The zero-order valence-corrected chi connectivity index (χ0v) is 13.7. The highest BCUT2D eigenvalue weighted by molar-refractivity contribution is 5.39. The van der Waals surface area contributed by atoms with Gasteiger partial charge in [0.25, 0.3) is 0 Å². The van der Waals surface area contributed by atoms with Crippen LogP contribution in [0.3, 0.4) is 0 Å². The fraction of sp³-hybridized carbons (Fsp3) is 0.667. The number of aryl methyl sites for hydroxylation is 1. The van der Waals surface area contributed by atoms with Gasteiger partial charge in [-0.2, -0.15) is 0 Å². The second kappa shape index (κ2) is 6.80. The minimum absolute atomic E-state index is 0.0544. The van der Waals surface area contributed by atoms with Crippen LogP contribution in [0.4, 0.5) is 0 Å². The van der Waals surface area contributed by atoms with Gasteiger partial charge in [-0.25, -0.2) is 0 Å². The molecular formula is C18H28O3. The molecular weight excluding hydrogens is 264 g/mol. The van der Waals surface area contributed by atoms with E-state index in [1.54, 1.807) is 0 Å². The van der Waals surface area contributed by atoms with Crippen LogP contribution in [0, 0.1) is 5.41 Å². The monoisotopic (exact) mass is 292 g/mol. The molecule has 1 aromatic carbocycles. The summed E-state index contributed by atoms with van der Waals surface area (Å²) in [6.45, 7) is 9.74. The van der Waals surface area contributed by atoms with Crippen LogP contribution in [-0.2, 0) is 17.6 Å². The van der Waals surface area contributed by atoms with Crippen LogP contribution in [-0.4, -0.2) is 30.5 Å². The molecule has 0 saturated heterocycles. The molecule has 2 unspecified atom stereocenters. The third kappa shape index (κ3) is 4.21. The molecule has 3 nitrogen and oxygen atoms in total. The van der Waals surface area contributed by atoms with Crippen LogP contribution < -0.4 is 4.74 Å². The maximum absolute atomic E-state index is 10.5. The maximum Gasteiger partial charge on any atom is 0.122 e. The van der Waals surface area contributed by atoms with E-state index in [4.69, 9.17) is 9.47 Å². The first-order chi connectivity index (χ1) is 9.91. The Morgan fingerprint density at radius 1 is 1.33 bits per heavy atom. The smallest absolute Gasteiger partial charge is 0.122 e. The van der Waals surface area contributed by atoms with Crippen molar-refractivity contribution < 1.29 is 14.6 Å². The molecule has 2 rings (SSSR count). The highest BCUT2D eigenvalue weighted by Crippen LogP contribution is 2.29. The molecule has 0 radical (unpaired) electrons. The average Bonchev–Trinajstić information content (AvgIpc) is 2.88. The average molecular weight is 292 g/mol. The molecule has 0 spiro atoms. The lowest BCUT2D eigenvalue weighted by atomic mass is 9.84. The van der Waals surface area contributed by atoms with E-state index in [0.29, 0.717) is 6.61 Å². The van der Waals surface area contributed by atoms with E-state index in [1.807, 2.05) is 13.0 Å². The van der Waals surface area contributed by atoms with Crippen molar-refractivity contribution in [2.24, 2.45) is 5.41 Å². The van der Waals surface area contributed by atoms with Crippen LogP contribution in [0.25, 0.3) is 0 Å². The van der Waals surface area contributed by atoms with Crippen LogP contribution in [0.1, 0.15) is 45.2 Å². The first-order valence-electron chi connectivity index (χ1n) is 7.96. The molecule has 3 heteroatoms. The van der Waals surface area contributed by atoms with Crippen LogP contribution >= 0.6 is 0 Å². The van der Waals surface area contributed by atoms with Crippen molar-refractivity contribution in [3.8, 4) is 5.75 Å². The molecule has 2 atom stereocenters. The lowest BCUT2D eigenvalue weighted by molar-refractivity contribution is -0.0900. The normalized spacial score (nSPS) is 17.2. The molecule has 21 heavy (non-hydrogen) atoms. The first-order valence-corrected chi connectivity index (χ1v) is 7.96. The molecule has 0 fully saturated rings. The number of fused-ring (bicyclic) bond motifs is 1. The Labute approximate surface area is 128 Å². The van der Waals surface area contributed by atoms with Gasteiger partial charge in [-0.3, -0.25) is 0 Å². The van der Waals surface area contributed by atoms with Gasteiger partial charge in [0.05, 0.1) is 18.8 Å². The molecule has 1 heterocycles. The summed E-state index contributed by atoms with van der Waals surface area (Å²) < 4.78 is 11.3. The van der Waals surface area contributed by atoms with E-state index in [-0.39, 0.29) is 11.5 Å². The molecule has 0 aliphatic carbocycles. The molecule has 0 saturated carbocycles. The molecule has 1 N–H and O–H groups in total. The molecule has 1 aliphatic rings. The Hall–Kier alpha value is -1.06. The third-order valence-corrected chi connectivity index (χ3v) is 4.03. The van der Waals surface area contributed by atoms with Gasteiger partial charge in [0.1, 0.15) is 5.75 Å². The summed E-state index contributed by atoms with van der Waals surface area (Å²) in [7, 11) is 0. The number of aliphatic hydroxyl groups excluding tert-OH is 1. The number of aliphatic hydroxyl groups is 1. The summed E-state index contributed by atoms with van der Waals surface area (Å²) in [4.78, 5) is 0. The predicted molar refractivity (Wildman–Crippen MR) is 84.8 cm³/mol. The summed E-state index contributed by atoms with van der Waals surface area (Å²) in [6, 6.07) is 6.36. The van der Waals surface area contributed by atoms with Crippen LogP contribution in [0.5, 0.6) is 5.75 Å². The van der Waals surface area contributed by atoms with E-state index in [9.17, 15) is 5.11 Å². The van der Waals surface area contributed by atoms with Crippen molar-refractivity contribution >= 4 is 0 Å². The number of benzene rings is 1. The Morgan fingerprint density at radius 3 is 2.76 bits per heavy atom. The Bertz CT molecular complexity index is 462. The van der Waals surface area contributed by atoms with Gasteiger partial charge in [0, 0.05) is 13.0 Å². The van der Waals surface area contributed by atoms with Gasteiger partial charge >= 0.3 is 0 Å². The second-order valence-corrected chi connectivity index (χ2v) is 6.89. The quantitative estimate of drug-likeness (QED) is 0.873. The summed E-state index contributed by atoms with van der Waals surface area (Å²) in [6.07, 6.45) is 2.03. The zero-order chi connectivity index (χ0) is 15.5. The maximum atomic E-state index is 10.5. The van der Waals surface area contributed by atoms with Crippen molar-refractivity contribution in [1.29, 1.82) is 0 Å². The van der Waals surface area contributed by atoms with Gasteiger partial charge in [-0.15, -0.1) is 0 Å². The molecule has 0 amide bonds. The zero-order valence-electron chi connectivity index (χ0n) is 13.7. The van der Waals surface area contributed by atoms with Gasteiger partial charge in [-0.1, -0.05) is 32.9 Å². The molecule has 1 aliphatic heterocycles. The van der Waals surface area contributed by atoms with Gasteiger partial charge in [-0.05, 0) is 42.4 Å². The topological polar surface area (TPSA) is 38.7 Å². The Balaban J connectivity index is 1.95. The Morgan fingerprint density at radius 2 is 2.10 bits per heavy atom. The van der Waals surface area contributed by atoms with Crippen molar-refractivity contribution in [2.75, 3.05) is 13.2 Å². The summed E-state index contributed by atoms with van der Waals surface area (Å²) in [5, 5.41) is 10.5. The van der Waals surface area contributed by atoms with Gasteiger partial charge in [0.15, 0.2) is 0 Å². The van der Waals surface area contributed by atoms with E-state index >= 15 is 0 Å². The van der Waals surface area contributed by atoms with Crippen molar-refractivity contribution in [3.63, 3.8) is 0 Å². The number of hydrogen-bond acceptors (Lipinski definition) is 3. The van der Waals surface area contributed by atoms with Crippen molar-refractivity contribution in [3.05, 3.63) is 29.3 Å². The van der Waals surface area contributed by atoms with Crippen molar-refractivity contribution in [1.82, 2.24) is 0 Å². The van der Waals surface area contributed by atoms with E-state index in [1.165, 1.54) is 11.1 Å². The van der Waals surface area contributed by atoms with Gasteiger partial charge < -0.3 is 14.6 Å². The molecule has 118 valence electrons. The number of ether oxygens (including phenoxy) is 2. The summed E-state index contributed by atoms with van der Waals surface area (Å²) in [5.41, 5.74) is 2.50. The minimum Gasteiger partial charge on any atom is -0.493 e. The standard InChI is InChI=1S/C18H28O3/c1-5-20-17(18(2,3)4)15(19)8-6-13-7-9-16-14(12-13)10-11-21-16/h7,9,12,15,17,19H,5-6,8,10-11H2,1-4H3. The molecule has 1 aromatic rings. The largest absolute Gasteiger partial charge is 0.493 e. The summed E-state index contributed by atoms with van der Waals surface area (Å²) >= 11 is 0. The lowest BCUT2D eigenvalue weighted by Crippen LogP contribution is -2.40. The van der Waals surface area contributed by atoms with Gasteiger partial charge in [0.2, 0.25) is 0 Å². The summed E-state index contributed by atoms with van der Waals surface area (Å²) in [5.74, 6) is 1.01. The van der Waals surface area contributed by atoms with E-state index < -0.39 is 6.10 Å². The fourth-order valence-electron chi connectivity index (χ4n) is 2.98. The second-order valence-electron chi connectivity index (χ2n) is 6.89. The predicted octanol–water partition coefficient (Wildman–Crippen LogP) is 3.37. The fourth-order valence-corrected chi connectivity index (χ4v) is 2.98. The van der Waals surface area contributed by atoms with E-state index in [2.05, 4.69) is 32.9 Å².